The first kappa shape index (κ1) is 15.0. The van der Waals surface area contributed by atoms with Gasteiger partial charge in [0.05, 0.1) is 24.9 Å². The third kappa shape index (κ3) is 3.32. The van der Waals surface area contributed by atoms with Crippen LogP contribution in [0.3, 0.4) is 0 Å². The van der Waals surface area contributed by atoms with Crippen LogP contribution in [0.15, 0.2) is 12.2 Å². The second-order valence-electron chi connectivity index (χ2n) is 7.16. The van der Waals surface area contributed by atoms with Crippen molar-refractivity contribution in [3.63, 3.8) is 0 Å². The van der Waals surface area contributed by atoms with Gasteiger partial charge < -0.3 is 14.4 Å². The number of nitrogens with zero attached hydrogens (tertiary/aromatic N) is 1. The summed E-state index contributed by atoms with van der Waals surface area (Å²) in [5, 5.41) is 0. The summed E-state index contributed by atoms with van der Waals surface area (Å²) in [4.78, 5) is 15.1. The van der Waals surface area contributed by atoms with Gasteiger partial charge in [0.15, 0.2) is 0 Å². The van der Waals surface area contributed by atoms with Gasteiger partial charge in [-0.3, -0.25) is 4.79 Å². The van der Waals surface area contributed by atoms with E-state index in [0.29, 0.717) is 25.7 Å². The van der Waals surface area contributed by atoms with Gasteiger partial charge in [-0.2, -0.15) is 0 Å². The molecule has 21 heavy (non-hydrogen) atoms. The molecule has 118 valence electrons. The van der Waals surface area contributed by atoms with Crippen LogP contribution in [-0.4, -0.2) is 48.3 Å². The monoisotopic (exact) mass is 293 g/mol. The van der Waals surface area contributed by atoms with E-state index in [1.54, 1.807) is 0 Å². The molecule has 3 aliphatic rings. The van der Waals surface area contributed by atoms with Gasteiger partial charge in [0.1, 0.15) is 6.10 Å². The van der Waals surface area contributed by atoms with Gasteiger partial charge in [-0.25, -0.2) is 0 Å². The Bertz CT molecular complexity index is 418. The van der Waals surface area contributed by atoms with Crippen molar-refractivity contribution in [2.24, 2.45) is 5.92 Å². The average Bonchev–Trinajstić information content (AvgIpc) is 2.83. The third-order valence-corrected chi connectivity index (χ3v) is 4.83. The first-order valence-electron chi connectivity index (χ1n) is 8.28. The molecule has 0 bridgehead atoms. The Morgan fingerprint density at radius 3 is 2.86 bits per heavy atom. The molecule has 0 saturated carbocycles. The second kappa shape index (κ2) is 6.09. The van der Waals surface area contributed by atoms with Crippen molar-refractivity contribution in [1.82, 2.24) is 4.90 Å². The Kier molecular flexibility index (Phi) is 4.36. The molecule has 0 N–H and O–H groups in total. The molecule has 1 aliphatic carbocycles. The molecule has 1 amide bonds. The van der Waals surface area contributed by atoms with E-state index < -0.39 is 0 Å². The average molecular weight is 293 g/mol. The summed E-state index contributed by atoms with van der Waals surface area (Å²) in [5.41, 5.74) is -0.272. The summed E-state index contributed by atoms with van der Waals surface area (Å²) in [6.45, 7) is 6.07. The zero-order valence-corrected chi connectivity index (χ0v) is 13.2. The highest BCUT2D eigenvalue weighted by molar-refractivity contribution is 5.79. The molecular weight excluding hydrogens is 266 g/mol. The largest absolute Gasteiger partial charge is 0.376 e. The topological polar surface area (TPSA) is 38.8 Å². The zero-order valence-electron chi connectivity index (χ0n) is 13.2. The Morgan fingerprint density at radius 2 is 2.00 bits per heavy atom. The molecule has 0 aromatic carbocycles. The molecule has 2 fully saturated rings. The molecule has 1 unspecified atom stereocenters. The van der Waals surface area contributed by atoms with E-state index in [2.05, 4.69) is 30.9 Å². The highest BCUT2D eigenvalue weighted by Gasteiger charge is 2.46. The smallest absolute Gasteiger partial charge is 0.226 e. The van der Waals surface area contributed by atoms with E-state index in [-0.39, 0.29) is 23.7 Å². The Labute approximate surface area is 127 Å². The summed E-state index contributed by atoms with van der Waals surface area (Å²) >= 11 is 0. The molecule has 4 heteroatoms. The maximum absolute atomic E-state index is 13.0. The Morgan fingerprint density at radius 1 is 1.19 bits per heavy atom. The van der Waals surface area contributed by atoms with Crippen LogP contribution in [0.2, 0.25) is 0 Å². The SMILES string of the molecule is CC1(C)CN(C(=O)C2CC/C=C\CCC2)[C@@H]2COC[C@H]2O1. The lowest BCUT2D eigenvalue weighted by Gasteiger charge is -2.46. The van der Waals surface area contributed by atoms with Gasteiger partial charge in [-0.15, -0.1) is 0 Å². The number of carbonyl (C=O) groups is 1. The Hall–Kier alpha value is -0.870. The van der Waals surface area contributed by atoms with Gasteiger partial charge in [-0.1, -0.05) is 12.2 Å². The quantitative estimate of drug-likeness (QED) is 0.697. The zero-order chi connectivity index (χ0) is 14.9. The number of rotatable bonds is 1. The van der Waals surface area contributed by atoms with Crippen molar-refractivity contribution >= 4 is 5.91 Å². The first-order valence-corrected chi connectivity index (χ1v) is 8.28. The van der Waals surface area contributed by atoms with Crippen molar-refractivity contribution in [3.05, 3.63) is 12.2 Å². The summed E-state index contributed by atoms with van der Waals surface area (Å²) in [5.74, 6) is 0.493. The molecule has 2 aliphatic heterocycles. The van der Waals surface area contributed by atoms with Crippen molar-refractivity contribution in [2.45, 2.75) is 63.7 Å². The molecule has 0 spiro atoms. The first-order chi connectivity index (χ1) is 10.1. The van der Waals surface area contributed by atoms with E-state index in [1.165, 1.54) is 0 Å². The Balaban J connectivity index is 1.73. The minimum Gasteiger partial charge on any atom is -0.376 e. The molecule has 2 heterocycles. The fourth-order valence-electron chi connectivity index (χ4n) is 3.78. The highest BCUT2D eigenvalue weighted by Crippen LogP contribution is 2.32. The third-order valence-electron chi connectivity index (χ3n) is 4.83. The van der Waals surface area contributed by atoms with Crippen LogP contribution in [0.5, 0.6) is 0 Å². The number of carbonyl (C=O) groups excluding carboxylic acids is 1. The lowest BCUT2D eigenvalue weighted by molar-refractivity contribution is -0.172. The number of hydrogen-bond donors (Lipinski definition) is 0. The number of amides is 1. The van der Waals surface area contributed by atoms with E-state index in [9.17, 15) is 4.79 Å². The minimum atomic E-state index is -0.272. The van der Waals surface area contributed by atoms with Crippen molar-refractivity contribution in [1.29, 1.82) is 0 Å². The van der Waals surface area contributed by atoms with E-state index in [1.807, 2.05) is 0 Å². The van der Waals surface area contributed by atoms with E-state index in [0.717, 1.165) is 32.1 Å². The predicted octanol–water partition coefficient (Wildman–Crippen LogP) is 2.53. The van der Waals surface area contributed by atoms with Gasteiger partial charge in [-0.05, 0) is 46.0 Å². The number of allylic oxidation sites excluding steroid dienone is 2. The van der Waals surface area contributed by atoms with E-state index in [4.69, 9.17) is 9.47 Å². The van der Waals surface area contributed by atoms with E-state index >= 15 is 0 Å². The maximum Gasteiger partial charge on any atom is 0.226 e. The summed E-state index contributed by atoms with van der Waals surface area (Å²) < 4.78 is 11.6. The normalized spacial score (nSPS) is 37.4. The van der Waals surface area contributed by atoms with Crippen LogP contribution in [0.1, 0.15) is 46.0 Å². The van der Waals surface area contributed by atoms with Crippen LogP contribution in [0, 0.1) is 5.92 Å². The maximum atomic E-state index is 13.0. The molecule has 3 rings (SSSR count). The molecule has 0 aromatic heterocycles. The van der Waals surface area contributed by atoms with Crippen molar-refractivity contribution < 1.29 is 14.3 Å². The summed E-state index contributed by atoms with van der Waals surface area (Å²) in [7, 11) is 0. The molecule has 3 atom stereocenters. The summed E-state index contributed by atoms with van der Waals surface area (Å²) in [6, 6.07) is 0.117. The van der Waals surface area contributed by atoms with Gasteiger partial charge in [0.25, 0.3) is 0 Å². The number of morpholine rings is 1. The standard InChI is InChI=1S/C17H27NO3/c1-17(2)12-18(14-10-20-11-15(14)21-17)16(19)13-8-6-4-3-5-7-9-13/h3-4,13-15H,5-12H2,1-2H3/b4-3-/t13?,14-,15-/m1/s1. The molecule has 0 radical (unpaired) electrons. The number of fused-ring (bicyclic) bond motifs is 1. The van der Waals surface area contributed by atoms with Crippen LogP contribution in [0.25, 0.3) is 0 Å². The molecule has 0 aromatic rings. The second-order valence-corrected chi connectivity index (χ2v) is 7.16. The van der Waals surface area contributed by atoms with Crippen LogP contribution < -0.4 is 0 Å². The predicted molar refractivity (Wildman–Crippen MR) is 81.0 cm³/mol. The summed E-state index contributed by atoms with van der Waals surface area (Å²) in [6.07, 6.45) is 9.76. The number of hydrogen-bond acceptors (Lipinski definition) is 3. The molecular formula is C17H27NO3. The highest BCUT2D eigenvalue weighted by atomic mass is 16.6. The van der Waals surface area contributed by atoms with Gasteiger partial charge >= 0.3 is 0 Å². The lowest BCUT2D eigenvalue weighted by atomic mass is 9.90. The fraction of sp³-hybridized carbons (Fsp3) is 0.824. The van der Waals surface area contributed by atoms with Gasteiger partial charge in [0.2, 0.25) is 5.91 Å². The van der Waals surface area contributed by atoms with Crippen LogP contribution in [-0.2, 0) is 14.3 Å². The fourth-order valence-corrected chi connectivity index (χ4v) is 3.78. The van der Waals surface area contributed by atoms with Gasteiger partial charge in [0, 0.05) is 12.5 Å². The van der Waals surface area contributed by atoms with Crippen molar-refractivity contribution in [2.75, 3.05) is 19.8 Å². The number of ether oxygens (including phenoxy) is 2. The van der Waals surface area contributed by atoms with Crippen LogP contribution >= 0.6 is 0 Å². The molecule has 2 saturated heterocycles. The lowest BCUT2D eigenvalue weighted by Crippen LogP contribution is -2.61. The minimum absolute atomic E-state index is 0.0474. The van der Waals surface area contributed by atoms with Crippen molar-refractivity contribution in [3.8, 4) is 0 Å². The molecule has 4 nitrogen and oxygen atoms in total. The van der Waals surface area contributed by atoms with Crippen LogP contribution in [0.4, 0.5) is 0 Å².